The number of benzene rings is 5. The molecule has 0 aliphatic rings. The van der Waals surface area contributed by atoms with Crippen LogP contribution in [0.4, 0.5) is 0 Å². The van der Waals surface area contributed by atoms with Gasteiger partial charge >= 0.3 is 0 Å². The van der Waals surface area contributed by atoms with Gasteiger partial charge in [0.15, 0.2) is 0 Å². The van der Waals surface area contributed by atoms with Gasteiger partial charge in [0.1, 0.15) is 22.5 Å². The minimum atomic E-state index is 0.847. The molecule has 0 saturated heterocycles. The number of para-hydroxylation sites is 1. The SMILES string of the molecule is COc1ccc(-c2cc3cc4occc4cc3c3cc4oc5ccccc5c4cc23)cc1. The summed E-state index contributed by atoms with van der Waals surface area (Å²) in [6.07, 6.45) is 1.74. The van der Waals surface area contributed by atoms with Crippen molar-refractivity contribution in [3.05, 3.63) is 91.2 Å². The molecule has 152 valence electrons. The van der Waals surface area contributed by atoms with Crippen LogP contribution in [0.25, 0.3) is 65.6 Å². The lowest BCUT2D eigenvalue weighted by Crippen LogP contribution is -1.87. The molecule has 0 fully saturated rings. The summed E-state index contributed by atoms with van der Waals surface area (Å²) >= 11 is 0. The summed E-state index contributed by atoms with van der Waals surface area (Å²) in [7, 11) is 1.69. The van der Waals surface area contributed by atoms with Crippen LogP contribution in [0, 0.1) is 0 Å². The normalized spacial score (nSPS) is 11.9. The molecule has 3 nitrogen and oxygen atoms in total. The summed E-state index contributed by atoms with van der Waals surface area (Å²) < 4.78 is 17.3. The largest absolute Gasteiger partial charge is 0.497 e. The quantitative estimate of drug-likeness (QED) is 0.267. The highest BCUT2D eigenvalue weighted by atomic mass is 16.5. The first-order valence-corrected chi connectivity index (χ1v) is 10.6. The highest BCUT2D eigenvalue weighted by Crippen LogP contribution is 2.41. The lowest BCUT2D eigenvalue weighted by Gasteiger charge is -2.12. The van der Waals surface area contributed by atoms with Crippen molar-refractivity contribution in [3.8, 4) is 16.9 Å². The Morgan fingerprint density at radius 1 is 0.594 bits per heavy atom. The number of fused-ring (bicyclic) bond motifs is 7. The highest BCUT2D eigenvalue weighted by molar-refractivity contribution is 6.21. The number of rotatable bonds is 2. The van der Waals surface area contributed by atoms with Crippen molar-refractivity contribution >= 4 is 54.5 Å². The number of hydrogen-bond acceptors (Lipinski definition) is 3. The third-order valence-electron chi connectivity index (χ3n) is 6.42. The molecule has 5 aromatic carbocycles. The lowest BCUT2D eigenvalue weighted by molar-refractivity contribution is 0.415. The molecule has 7 rings (SSSR count). The molecular formula is C29H18O3. The zero-order chi connectivity index (χ0) is 21.2. The van der Waals surface area contributed by atoms with E-state index in [-0.39, 0.29) is 0 Å². The second kappa shape index (κ2) is 6.38. The summed E-state index contributed by atoms with van der Waals surface area (Å²) in [5, 5.41) is 8.06. The molecule has 0 amide bonds. The average molecular weight is 414 g/mol. The fourth-order valence-corrected chi connectivity index (χ4v) is 4.84. The van der Waals surface area contributed by atoms with Gasteiger partial charge in [-0.25, -0.2) is 0 Å². The molecular weight excluding hydrogens is 396 g/mol. The molecule has 0 bridgehead atoms. The van der Waals surface area contributed by atoms with Gasteiger partial charge in [0, 0.05) is 16.2 Å². The van der Waals surface area contributed by atoms with Crippen LogP contribution in [0.15, 0.2) is 100 Å². The van der Waals surface area contributed by atoms with Gasteiger partial charge in [-0.05, 0) is 87.3 Å². The van der Waals surface area contributed by atoms with E-state index < -0.39 is 0 Å². The van der Waals surface area contributed by atoms with Crippen molar-refractivity contribution in [2.45, 2.75) is 0 Å². The molecule has 0 aliphatic carbocycles. The fraction of sp³-hybridized carbons (Fsp3) is 0.0345. The number of hydrogen-bond donors (Lipinski definition) is 0. The van der Waals surface area contributed by atoms with E-state index in [1.54, 1.807) is 13.4 Å². The zero-order valence-corrected chi connectivity index (χ0v) is 17.4. The Balaban J connectivity index is 1.66. The summed E-state index contributed by atoms with van der Waals surface area (Å²) in [4.78, 5) is 0. The molecule has 0 aliphatic heterocycles. The average Bonchev–Trinajstić information content (AvgIpc) is 3.44. The zero-order valence-electron chi connectivity index (χ0n) is 17.4. The second-order valence-corrected chi connectivity index (χ2v) is 8.18. The molecule has 0 radical (unpaired) electrons. The van der Waals surface area contributed by atoms with Crippen molar-refractivity contribution in [1.29, 1.82) is 0 Å². The molecule has 0 saturated carbocycles. The van der Waals surface area contributed by atoms with Gasteiger partial charge in [0.2, 0.25) is 0 Å². The maximum atomic E-state index is 6.22. The standard InChI is InChI=1S/C29H18O3/c1-30-20-8-6-17(7-9-20)22-13-19-14-28-18(10-11-31-28)12-23(19)25-16-29-26(15-24(22)25)21-4-2-3-5-27(21)32-29/h2-16H,1H3. The summed E-state index contributed by atoms with van der Waals surface area (Å²) in [5.41, 5.74) is 5.02. The van der Waals surface area contributed by atoms with Crippen LogP contribution in [-0.4, -0.2) is 7.11 Å². The summed E-state index contributed by atoms with van der Waals surface area (Å²) in [5.74, 6) is 0.847. The van der Waals surface area contributed by atoms with E-state index in [1.165, 1.54) is 21.7 Å². The van der Waals surface area contributed by atoms with Gasteiger partial charge in [-0.2, -0.15) is 0 Å². The van der Waals surface area contributed by atoms with Crippen LogP contribution in [-0.2, 0) is 0 Å². The van der Waals surface area contributed by atoms with Gasteiger partial charge in [-0.1, -0.05) is 30.3 Å². The fourth-order valence-electron chi connectivity index (χ4n) is 4.84. The Morgan fingerprint density at radius 3 is 2.34 bits per heavy atom. The van der Waals surface area contributed by atoms with Crippen LogP contribution in [0.3, 0.4) is 0 Å². The number of furan rings is 2. The molecule has 0 unspecified atom stereocenters. The van der Waals surface area contributed by atoms with Crippen LogP contribution >= 0.6 is 0 Å². The molecule has 7 aromatic rings. The Labute approximate surface area is 183 Å². The van der Waals surface area contributed by atoms with E-state index in [0.29, 0.717) is 0 Å². The van der Waals surface area contributed by atoms with E-state index in [1.807, 2.05) is 30.3 Å². The van der Waals surface area contributed by atoms with Crippen LogP contribution in [0.5, 0.6) is 5.75 Å². The third-order valence-corrected chi connectivity index (χ3v) is 6.42. The van der Waals surface area contributed by atoms with Crippen LogP contribution in [0.2, 0.25) is 0 Å². The first-order valence-electron chi connectivity index (χ1n) is 10.6. The first kappa shape index (κ1) is 17.4. The first-order chi connectivity index (χ1) is 15.8. The van der Waals surface area contributed by atoms with Crippen molar-refractivity contribution in [1.82, 2.24) is 0 Å². The van der Waals surface area contributed by atoms with E-state index >= 15 is 0 Å². The number of methoxy groups -OCH3 is 1. The van der Waals surface area contributed by atoms with E-state index in [0.717, 1.165) is 49.6 Å². The molecule has 0 N–H and O–H groups in total. The third kappa shape index (κ3) is 2.42. The molecule has 0 spiro atoms. The monoisotopic (exact) mass is 414 g/mol. The topological polar surface area (TPSA) is 35.5 Å². The lowest BCUT2D eigenvalue weighted by atomic mass is 9.91. The van der Waals surface area contributed by atoms with Gasteiger partial charge in [0.05, 0.1) is 13.4 Å². The van der Waals surface area contributed by atoms with Crippen LogP contribution in [0.1, 0.15) is 0 Å². The van der Waals surface area contributed by atoms with Crippen molar-refractivity contribution in [2.24, 2.45) is 0 Å². The van der Waals surface area contributed by atoms with Crippen molar-refractivity contribution in [2.75, 3.05) is 7.11 Å². The summed E-state index contributed by atoms with van der Waals surface area (Å²) in [6, 6.07) is 29.5. The van der Waals surface area contributed by atoms with Gasteiger partial charge < -0.3 is 13.6 Å². The number of ether oxygens (including phenoxy) is 1. The van der Waals surface area contributed by atoms with Gasteiger partial charge in [-0.3, -0.25) is 0 Å². The van der Waals surface area contributed by atoms with E-state index in [4.69, 9.17) is 13.6 Å². The second-order valence-electron chi connectivity index (χ2n) is 8.18. The highest BCUT2D eigenvalue weighted by Gasteiger charge is 2.15. The Hall–Kier alpha value is -4.24. The minimum Gasteiger partial charge on any atom is -0.497 e. The Bertz CT molecular complexity index is 1800. The molecule has 3 heteroatoms. The van der Waals surface area contributed by atoms with Gasteiger partial charge in [0.25, 0.3) is 0 Å². The van der Waals surface area contributed by atoms with E-state index in [2.05, 4.69) is 54.6 Å². The molecule has 2 aromatic heterocycles. The van der Waals surface area contributed by atoms with E-state index in [9.17, 15) is 0 Å². The molecule has 32 heavy (non-hydrogen) atoms. The molecule has 0 atom stereocenters. The van der Waals surface area contributed by atoms with Crippen LogP contribution < -0.4 is 4.74 Å². The smallest absolute Gasteiger partial charge is 0.136 e. The minimum absolute atomic E-state index is 0.847. The predicted molar refractivity (Wildman–Crippen MR) is 130 cm³/mol. The van der Waals surface area contributed by atoms with Crippen molar-refractivity contribution in [3.63, 3.8) is 0 Å². The Kier molecular flexibility index (Phi) is 3.48. The summed E-state index contributed by atoms with van der Waals surface area (Å²) in [6.45, 7) is 0. The van der Waals surface area contributed by atoms with Crippen molar-refractivity contribution < 1.29 is 13.6 Å². The molecule has 2 heterocycles. The predicted octanol–water partition coefficient (Wildman–Crippen LogP) is 8.31. The maximum Gasteiger partial charge on any atom is 0.136 e. The maximum absolute atomic E-state index is 6.22. The van der Waals surface area contributed by atoms with Gasteiger partial charge in [-0.15, -0.1) is 0 Å². The Morgan fingerprint density at radius 2 is 1.47 bits per heavy atom.